The van der Waals surface area contributed by atoms with Gasteiger partial charge in [-0.1, -0.05) is 12.1 Å². The number of methoxy groups -OCH3 is 1. The number of H-pyrrole nitrogens is 1. The van der Waals surface area contributed by atoms with Crippen molar-refractivity contribution < 1.29 is 9.53 Å². The van der Waals surface area contributed by atoms with E-state index in [-0.39, 0.29) is 5.91 Å². The molecule has 0 bridgehead atoms. The second-order valence-electron chi connectivity index (χ2n) is 6.14. The third-order valence-corrected chi connectivity index (χ3v) is 5.02. The van der Waals surface area contributed by atoms with E-state index >= 15 is 0 Å². The SMILES string of the molecule is CCn1c(CNC(=O)C2(c3ccc(C)c(OC)c3)CC2)n[nH]c1=S. The Morgan fingerprint density at radius 2 is 2.25 bits per heavy atom. The summed E-state index contributed by atoms with van der Waals surface area (Å²) in [6.07, 6.45) is 1.71. The van der Waals surface area contributed by atoms with Gasteiger partial charge in [0.2, 0.25) is 5.91 Å². The highest BCUT2D eigenvalue weighted by Crippen LogP contribution is 2.49. The van der Waals surface area contributed by atoms with Crippen molar-refractivity contribution in [2.75, 3.05) is 7.11 Å². The Hall–Kier alpha value is -2.15. The molecule has 0 spiro atoms. The second-order valence-corrected chi connectivity index (χ2v) is 6.53. The van der Waals surface area contributed by atoms with Crippen LogP contribution in [0.3, 0.4) is 0 Å². The Morgan fingerprint density at radius 3 is 2.88 bits per heavy atom. The molecule has 0 radical (unpaired) electrons. The number of rotatable bonds is 6. The van der Waals surface area contributed by atoms with Crippen molar-refractivity contribution in [2.45, 2.75) is 45.2 Å². The first-order valence-corrected chi connectivity index (χ1v) is 8.50. The van der Waals surface area contributed by atoms with E-state index in [4.69, 9.17) is 17.0 Å². The van der Waals surface area contributed by atoms with Gasteiger partial charge in [0, 0.05) is 6.54 Å². The van der Waals surface area contributed by atoms with Gasteiger partial charge < -0.3 is 14.6 Å². The largest absolute Gasteiger partial charge is 0.496 e. The van der Waals surface area contributed by atoms with Gasteiger partial charge in [-0.15, -0.1) is 0 Å². The molecular formula is C17H22N4O2S. The number of nitrogens with one attached hydrogen (secondary N) is 2. The molecule has 0 unspecified atom stereocenters. The normalized spacial score (nSPS) is 15.1. The number of aromatic amines is 1. The molecular weight excluding hydrogens is 324 g/mol. The molecule has 1 aromatic carbocycles. The van der Waals surface area contributed by atoms with Gasteiger partial charge >= 0.3 is 0 Å². The minimum absolute atomic E-state index is 0.0324. The molecule has 0 aliphatic heterocycles. The molecule has 1 heterocycles. The molecule has 1 fully saturated rings. The van der Waals surface area contributed by atoms with Crippen molar-refractivity contribution in [3.63, 3.8) is 0 Å². The summed E-state index contributed by atoms with van der Waals surface area (Å²) < 4.78 is 7.84. The molecule has 1 saturated carbocycles. The van der Waals surface area contributed by atoms with E-state index in [1.165, 1.54) is 0 Å². The number of hydrogen-bond acceptors (Lipinski definition) is 4. The van der Waals surface area contributed by atoms with Crippen LogP contribution in [0.5, 0.6) is 5.75 Å². The van der Waals surface area contributed by atoms with Crippen LogP contribution >= 0.6 is 12.2 Å². The zero-order valence-electron chi connectivity index (χ0n) is 14.2. The zero-order chi connectivity index (χ0) is 17.3. The third kappa shape index (κ3) is 2.84. The van der Waals surface area contributed by atoms with Gasteiger partial charge in [0.25, 0.3) is 0 Å². The summed E-state index contributed by atoms with van der Waals surface area (Å²) in [4.78, 5) is 12.8. The van der Waals surface area contributed by atoms with E-state index < -0.39 is 5.41 Å². The first kappa shape index (κ1) is 16.7. The lowest BCUT2D eigenvalue weighted by atomic mass is 9.93. The minimum atomic E-state index is -0.439. The van der Waals surface area contributed by atoms with E-state index in [0.29, 0.717) is 11.3 Å². The molecule has 6 nitrogen and oxygen atoms in total. The summed E-state index contributed by atoms with van der Waals surface area (Å²) in [6.45, 7) is 5.08. The van der Waals surface area contributed by atoms with E-state index in [0.717, 1.165) is 42.1 Å². The first-order valence-electron chi connectivity index (χ1n) is 8.09. The minimum Gasteiger partial charge on any atom is -0.496 e. The van der Waals surface area contributed by atoms with Crippen LogP contribution in [-0.4, -0.2) is 27.8 Å². The lowest BCUT2D eigenvalue weighted by Gasteiger charge is -2.17. The van der Waals surface area contributed by atoms with Gasteiger partial charge in [-0.3, -0.25) is 9.89 Å². The highest BCUT2D eigenvalue weighted by Gasteiger charge is 2.51. The number of aromatic nitrogens is 3. The van der Waals surface area contributed by atoms with E-state index in [1.807, 2.05) is 36.6 Å². The van der Waals surface area contributed by atoms with Gasteiger partial charge in [-0.05, 0) is 56.1 Å². The zero-order valence-corrected chi connectivity index (χ0v) is 15.0. The van der Waals surface area contributed by atoms with Gasteiger partial charge in [-0.25, -0.2) is 0 Å². The van der Waals surface area contributed by atoms with Crippen LogP contribution in [-0.2, 0) is 23.3 Å². The molecule has 2 N–H and O–H groups in total. The lowest BCUT2D eigenvalue weighted by molar-refractivity contribution is -0.123. The molecule has 0 saturated heterocycles. The second kappa shape index (κ2) is 6.39. The Kier molecular flexibility index (Phi) is 4.45. The first-order chi connectivity index (χ1) is 11.5. The summed E-state index contributed by atoms with van der Waals surface area (Å²) in [7, 11) is 1.65. The average molecular weight is 346 g/mol. The number of nitrogens with zero attached hydrogens (tertiary/aromatic N) is 2. The molecule has 7 heteroatoms. The van der Waals surface area contributed by atoms with Crippen LogP contribution in [0.4, 0.5) is 0 Å². The number of carbonyl (C=O) groups is 1. The number of ether oxygens (including phenoxy) is 1. The fourth-order valence-electron chi connectivity index (χ4n) is 3.03. The standard InChI is InChI=1S/C17H22N4O2S/c1-4-21-14(19-20-16(21)24)10-18-15(22)17(7-8-17)12-6-5-11(2)13(9-12)23-3/h5-6,9H,4,7-8,10H2,1-3H3,(H,18,22)(H,20,24). The number of benzene rings is 1. The number of carbonyl (C=O) groups excluding carboxylic acids is 1. The van der Waals surface area contributed by atoms with E-state index in [9.17, 15) is 4.79 Å². The maximum atomic E-state index is 12.8. The maximum Gasteiger partial charge on any atom is 0.231 e. The van der Waals surface area contributed by atoms with Crippen molar-refractivity contribution in [3.8, 4) is 5.75 Å². The van der Waals surface area contributed by atoms with E-state index in [2.05, 4.69) is 15.5 Å². The van der Waals surface area contributed by atoms with Crippen molar-refractivity contribution in [2.24, 2.45) is 0 Å². The molecule has 128 valence electrons. The van der Waals surface area contributed by atoms with E-state index in [1.54, 1.807) is 7.11 Å². The topological polar surface area (TPSA) is 71.9 Å². The van der Waals surface area contributed by atoms with Crippen LogP contribution < -0.4 is 10.1 Å². The highest BCUT2D eigenvalue weighted by atomic mass is 32.1. The molecule has 1 aliphatic carbocycles. The monoisotopic (exact) mass is 346 g/mol. The fraction of sp³-hybridized carbons (Fsp3) is 0.471. The summed E-state index contributed by atoms with van der Waals surface area (Å²) in [6, 6.07) is 6.00. The van der Waals surface area contributed by atoms with Crippen LogP contribution in [0.1, 0.15) is 36.7 Å². The predicted octanol–water partition coefficient (Wildman–Crippen LogP) is 2.63. The van der Waals surface area contributed by atoms with Crippen LogP contribution in [0.2, 0.25) is 0 Å². The Labute approximate surface area is 146 Å². The molecule has 0 atom stereocenters. The van der Waals surface area contributed by atoms with Crippen LogP contribution in [0.15, 0.2) is 18.2 Å². The predicted molar refractivity (Wildman–Crippen MR) is 93.6 cm³/mol. The van der Waals surface area contributed by atoms with Crippen LogP contribution in [0.25, 0.3) is 0 Å². The third-order valence-electron chi connectivity index (χ3n) is 4.71. The van der Waals surface area contributed by atoms with Gasteiger partial charge in [0.15, 0.2) is 10.6 Å². The average Bonchev–Trinajstić information content (AvgIpc) is 3.32. The van der Waals surface area contributed by atoms with Gasteiger partial charge in [-0.2, -0.15) is 5.10 Å². The fourth-order valence-corrected chi connectivity index (χ4v) is 3.31. The Morgan fingerprint density at radius 1 is 1.50 bits per heavy atom. The van der Waals surface area contributed by atoms with Crippen molar-refractivity contribution >= 4 is 18.1 Å². The molecule has 1 aliphatic rings. The Bertz CT molecular complexity index is 820. The summed E-state index contributed by atoms with van der Waals surface area (Å²) in [5, 5.41) is 9.96. The van der Waals surface area contributed by atoms with Crippen molar-refractivity contribution in [1.82, 2.24) is 20.1 Å². The number of amides is 1. The molecule has 3 rings (SSSR count). The maximum absolute atomic E-state index is 12.8. The van der Waals surface area contributed by atoms with Crippen molar-refractivity contribution in [3.05, 3.63) is 39.9 Å². The summed E-state index contributed by atoms with van der Waals surface area (Å²) >= 11 is 5.17. The van der Waals surface area contributed by atoms with Gasteiger partial charge in [0.1, 0.15) is 5.75 Å². The lowest BCUT2D eigenvalue weighted by Crippen LogP contribution is -2.35. The molecule has 1 aromatic heterocycles. The van der Waals surface area contributed by atoms with Gasteiger partial charge in [0.05, 0.1) is 19.1 Å². The summed E-state index contributed by atoms with van der Waals surface area (Å²) in [5.41, 5.74) is 1.64. The highest BCUT2D eigenvalue weighted by molar-refractivity contribution is 7.71. The Balaban J connectivity index is 1.76. The smallest absolute Gasteiger partial charge is 0.231 e. The molecule has 24 heavy (non-hydrogen) atoms. The number of hydrogen-bond donors (Lipinski definition) is 2. The summed E-state index contributed by atoms with van der Waals surface area (Å²) in [5.74, 6) is 1.59. The number of aryl methyl sites for hydroxylation is 1. The molecule has 1 amide bonds. The van der Waals surface area contributed by atoms with Crippen molar-refractivity contribution in [1.29, 1.82) is 0 Å². The van der Waals surface area contributed by atoms with Crippen LogP contribution in [0, 0.1) is 11.7 Å². The quantitative estimate of drug-likeness (QED) is 0.789. The molecule has 2 aromatic rings.